The van der Waals surface area contributed by atoms with Crippen LogP contribution in [0.5, 0.6) is 0 Å². The Morgan fingerprint density at radius 1 is 1.10 bits per heavy atom. The Morgan fingerprint density at radius 2 is 1.90 bits per heavy atom. The second kappa shape index (κ2) is 7.67. The summed E-state index contributed by atoms with van der Waals surface area (Å²) in [6.07, 6.45) is 3.85. The molecule has 0 unspecified atom stereocenters. The van der Waals surface area contributed by atoms with Gasteiger partial charge in [0.25, 0.3) is 5.91 Å². The first-order chi connectivity index (χ1) is 14.1. The standard InChI is InChI=1S/C21H21N7O/c1-4-19-18(12-23-28(19)17-8-5-14(2)6-9-17)21(29)24-16-7-10-20(15(3)11-16)27-13-22-25-26-27/h5-13H,4H2,1-3H3,(H,24,29). The maximum Gasteiger partial charge on any atom is 0.259 e. The number of hydrogen-bond acceptors (Lipinski definition) is 5. The zero-order valence-corrected chi connectivity index (χ0v) is 16.5. The molecule has 4 aromatic rings. The minimum atomic E-state index is -0.185. The first-order valence-corrected chi connectivity index (χ1v) is 9.36. The van der Waals surface area contributed by atoms with Crippen molar-refractivity contribution in [1.29, 1.82) is 0 Å². The van der Waals surface area contributed by atoms with E-state index in [2.05, 4.69) is 25.9 Å². The van der Waals surface area contributed by atoms with Gasteiger partial charge in [-0.05, 0) is 66.6 Å². The molecule has 0 spiro atoms. The van der Waals surface area contributed by atoms with E-state index in [0.29, 0.717) is 17.7 Å². The number of amides is 1. The van der Waals surface area contributed by atoms with E-state index in [1.807, 2.05) is 67.9 Å². The SMILES string of the molecule is CCc1c(C(=O)Nc2ccc(-n3cnnn3)c(C)c2)cnn1-c1ccc(C)cc1. The molecule has 0 aliphatic heterocycles. The van der Waals surface area contributed by atoms with E-state index in [-0.39, 0.29) is 5.91 Å². The van der Waals surface area contributed by atoms with Gasteiger partial charge in [-0.1, -0.05) is 24.6 Å². The number of anilines is 1. The Bertz CT molecular complexity index is 1140. The van der Waals surface area contributed by atoms with Crippen LogP contribution in [0.25, 0.3) is 11.4 Å². The number of benzene rings is 2. The molecule has 0 bridgehead atoms. The molecular weight excluding hydrogens is 366 g/mol. The van der Waals surface area contributed by atoms with Gasteiger partial charge in [-0.3, -0.25) is 4.79 Å². The van der Waals surface area contributed by atoms with Crippen LogP contribution in [0.4, 0.5) is 5.69 Å². The summed E-state index contributed by atoms with van der Waals surface area (Å²) in [5.74, 6) is -0.185. The predicted octanol–water partition coefficient (Wildman–Crippen LogP) is 3.28. The molecule has 1 amide bonds. The van der Waals surface area contributed by atoms with E-state index in [4.69, 9.17) is 0 Å². The van der Waals surface area contributed by atoms with Crippen LogP contribution in [0.15, 0.2) is 55.0 Å². The van der Waals surface area contributed by atoms with Crippen LogP contribution in [-0.4, -0.2) is 35.9 Å². The van der Waals surface area contributed by atoms with Crippen LogP contribution in [0, 0.1) is 13.8 Å². The fourth-order valence-corrected chi connectivity index (χ4v) is 3.27. The zero-order valence-electron chi connectivity index (χ0n) is 16.5. The number of rotatable bonds is 5. The van der Waals surface area contributed by atoms with Crippen molar-refractivity contribution in [3.05, 3.63) is 77.4 Å². The molecule has 4 rings (SSSR count). The Labute approximate surface area is 168 Å². The summed E-state index contributed by atoms with van der Waals surface area (Å²) in [4.78, 5) is 12.9. The minimum Gasteiger partial charge on any atom is -0.322 e. The summed E-state index contributed by atoms with van der Waals surface area (Å²) in [7, 11) is 0. The van der Waals surface area contributed by atoms with E-state index in [1.54, 1.807) is 10.9 Å². The summed E-state index contributed by atoms with van der Waals surface area (Å²) in [5, 5.41) is 18.6. The second-order valence-electron chi connectivity index (χ2n) is 6.82. The molecule has 0 radical (unpaired) electrons. The first kappa shape index (κ1) is 18.5. The minimum absolute atomic E-state index is 0.185. The average molecular weight is 387 g/mol. The molecule has 0 aliphatic rings. The topological polar surface area (TPSA) is 90.5 Å². The number of tetrazole rings is 1. The molecule has 8 heteroatoms. The highest BCUT2D eigenvalue weighted by Gasteiger charge is 2.17. The highest BCUT2D eigenvalue weighted by Crippen LogP contribution is 2.21. The van der Waals surface area contributed by atoms with Gasteiger partial charge in [-0.15, -0.1) is 5.10 Å². The Hall–Kier alpha value is -3.81. The third-order valence-corrected chi connectivity index (χ3v) is 4.78. The van der Waals surface area contributed by atoms with Crippen molar-refractivity contribution in [3.63, 3.8) is 0 Å². The maximum atomic E-state index is 12.9. The van der Waals surface area contributed by atoms with E-state index in [0.717, 1.165) is 22.6 Å². The molecule has 146 valence electrons. The number of nitrogens with zero attached hydrogens (tertiary/aromatic N) is 6. The van der Waals surface area contributed by atoms with Gasteiger partial charge in [-0.25, -0.2) is 9.36 Å². The lowest BCUT2D eigenvalue weighted by atomic mass is 10.1. The third-order valence-electron chi connectivity index (χ3n) is 4.78. The molecule has 2 heterocycles. The normalized spacial score (nSPS) is 10.9. The lowest BCUT2D eigenvalue weighted by molar-refractivity contribution is 0.102. The van der Waals surface area contributed by atoms with Crippen LogP contribution in [0.1, 0.15) is 34.1 Å². The number of carbonyl (C=O) groups excluding carboxylic acids is 1. The van der Waals surface area contributed by atoms with E-state index >= 15 is 0 Å². The van der Waals surface area contributed by atoms with Gasteiger partial charge in [0.1, 0.15) is 6.33 Å². The molecule has 0 aliphatic carbocycles. The first-order valence-electron chi connectivity index (χ1n) is 9.36. The Morgan fingerprint density at radius 3 is 2.55 bits per heavy atom. The zero-order chi connectivity index (χ0) is 20.4. The quantitative estimate of drug-likeness (QED) is 0.567. The number of hydrogen-bond donors (Lipinski definition) is 1. The van der Waals surface area contributed by atoms with E-state index in [9.17, 15) is 4.79 Å². The van der Waals surface area contributed by atoms with Crippen molar-refractivity contribution in [2.75, 3.05) is 5.32 Å². The fraction of sp³-hybridized carbons (Fsp3) is 0.190. The predicted molar refractivity (Wildman–Crippen MR) is 110 cm³/mol. The van der Waals surface area contributed by atoms with Crippen LogP contribution < -0.4 is 5.32 Å². The van der Waals surface area contributed by atoms with E-state index in [1.165, 1.54) is 11.9 Å². The van der Waals surface area contributed by atoms with Gasteiger partial charge in [0.2, 0.25) is 0 Å². The molecule has 2 aromatic carbocycles. The number of aryl methyl sites for hydroxylation is 2. The summed E-state index contributed by atoms with van der Waals surface area (Å²) < 4.78 is 3.40. The molecule has 2 aromatic heterocycles. The van der Waals surface area contributed by atoms with Crippen molar-refractivity contribution in [2.24, 2.45) is 0 Å². The van der Waals surface area contributed by atoms with Crippen LogP contribution >= 0.6 is 0 Å². The highest BCUT2D eigenvalue weighted by molar-refractivity contribution is 6.05. The van der Waals surface area contributed by atoms with Crippen LogP contribution in [0.3, 0.4) is 0 Å². The highest BCUT2D eigenvalue weighted by atomic mass is 16.1. The van der Waals surface area contributed by atoms with Gasteiger partial charge < -0.3 is 5.32 Å². The number of nitrogens with one attached hydrogen (secondary N) is 1. The lowest BCUT2D eigenvalue weighted by Crippen LogP contribution is -2.14. The largest absolute Gasteiger partial charge is 0.322 e. The van der Waals surface area contributed by atoms with Crippen molar-refractivity contribution in [3.8, 4) is 11.4 Å². The molecular formula is C21H21N7O. The second-order valence-corrected chi connectivity index (χ2v) is 6.82. The molecule has 0 saturated carbocycles. The molecule has 0 atom stereocenters. The summed E-state index contributed by atoms with van der Waals surface area (Å²) in [6.45, 7) is 6.00. The monoisotopic (exact) mass is 387 g/mol. The van der Waals surface area contributed by atoms with Crippen molar-refractivity contribution in [1.82, 2.24) is 30.0 Å². The Kier molecular flexibility index (Phi) is 4.90. The molecule has 0 saturated heterocycles. The molecule has 8 nitrogen and oxygen atoms in total. The van der Waals surface area contributed by atoms with Crippen LogP contribution in [-0.2, 0) is 6.42 Å². The van der Waals surface area contributed by atoms with Gasteiger partial charge in [-0.2, -0.15) is 5.10 Å². The molecule has 29 heavy (non-hydrogen) atoms. The van der Waals surface area contributed by atoms with Gasteiger partial charge in [0, 0.05) is 5.69 Å². The number of carbonyl (C=O) groups is 1. The van der Waals surface area contributed by atoms with Gasteiger partial charge in [0.05, 0.1) is 28.8 Å². The molecule has 0 fully saturated rings. The summed E-state index contributed by atoms with van der Waals surface area (Å²) >= 11 is 0. The average Bonchev–Trinajstić information content (AvgIpc) is 3.38. The van der Waals surface area contributed by atoms with Crippen molar-refractivity contribution < 1.29 is 4.79 Å². The smallest absolute Gasteiger partial charge is 0.259 e. The maximum absolute atomic E-state index is 12.9. The Balaban J connectivity index is 1.59. The van der Waals surface area contributed by atoms with Crippen molar-refractivity contribution >= 4 is 11.6 Å². The van der Waals surface area contributed by atoms with Gasteiger partial charge >= 0.3 is 0 Å². The summed E-state index contributed by atoms with van der Waals surface area (Å²) in [6, 6.07) is 13.7. The van der Waals surface area contributed by atoms with Gasteiger partial charge in [0.15, 0.2) is 0 Å². The molecule has 1 N–H and O–H groups in total. The third kappa shape index (κ3) is 3.64. The fourth-order valence-electron chi connectivity index (χ4n) is 3.27. The van der Waals surface area contributed by atoms with E-state index < -0.39 is 0 Å². The van der Waals surface area contributed by atoms with Crippen molar-refractivity contribution in [2.45, 2.75) is 27.2 Å². The lowest BCUT2D eigenvalue weighted by Gasteiger charge is -2.10. The number of aromatic nitrogens is 6. The summed E-state index contributed by atoms with van der Waals surface area (Å²) in [5.41, 5.74) is 6.05. The van der Waals surface area contributed by atoms with Crippen LogP contribution in [0.2, 0.25) is 0 Å².